The summed E-state index contributed by atoms with van der Waals surface area (Å²) in [6.45, 7) is 9.32. The normalized spacial score (nSPS) is 31.8. The minimum Gasteiger partial charge on any atom is -0.375 e. The van der Waals surface area contributed by atoms with Crippen LogP contribution in [-0.2, 0) is 11.3 Å². The molecule has 0 saturated carbocycles. The van der Waals surface area contributed by atoms with E-state index in [1.807, 2.05) is 11.3 Å². The summed E-state index contributed by atoms with van der Waals surface area (Å²) in [7, 11) is 0. The van der Waals surface area contributed by atoms with Crippen molar-refractivity contribution < 1.29 is 4.74 Å². The van der Waals surface area contributed by atoms with Crippen LogP contribution in [-0.4, -0.2) is 35.7 Å². The maximum absolute atomic E-state index is 6.17. The van der Waals surface area contributed by atoms with Crippen LogP contribution in [0.3, 0.4) is 0 Å². The third-order valence-electron chi connectivity index (χ3n) is 4.16. The maximum atomic E-state index is 6.17. The number of likely N-dealkylation sites (N-methyl/N-ethyl adjacent to an activating group) is 1. The third kappa shape index (κ3) is 3.37. The highest BCUT2D eigenvalue weighted by Crippen LogP contribution is 2.34. The van der Waals surface area contributed by atoms with E-state index < -0.39 is 0 Å². The standard InChI is InChI=1S/C15H26N2OS/c1-4-17(10-14-6-5-7-19-14)15(11-16)8-12(2)18-13(3)9-15/h5-7,12-13H,4,8-11,16H2,1-3H3. The van der Waals surface area contributed by atoms with Gasteiger partial charge in [0.1, 0.15) is 0 Å². The first-order valence-corrected chi connectivity index (χ1v) is 8.10. The molecule has 1 aliphatic heterocycles. The Kier molecular flexibility index (Phi) is 5.01. The van der Waals surface area contributed by atoms with Gasteiger partial charge in [0.25, 0.3) is 0 Å². The molecule has 2 N–H and O–H groups in total. The highest BCUT2D eigenvalue weighted by Gasteiger charge is 2.41. The van der Waals surface area contributed by atoms with Crippen LogP contribution in [0.25, 0.3) is 0 Å². The van der Waals surface area contributed by atoms with Crippen LogP contribution < -0.4 is 5.73 Å². The fourth-order valence-corrected chi connectivity index (χ4v) is 4.13. The lowest BCUT2D eigenvalue weighted by Gasteiger charge is -2.49. The second-order valence-electron chi connectivity index (χ2n) is 5.69. The second-order valence-corrected chi connectivity index (χ2v) is 6.72. The molecule has 1 saturated heterocycles. The van der Waals surface area contributed by atoms with Crippen LogP contribution >= 0.6 is 11.3 Å². The van der Waals surface area contributed by atoms with Crippen molar-refractivity contribution in [2.75, 3.05) is 13.1 Å². The zero-order valence-electron chi connectivity index (χ0n) is 12.3. The number of nitrogens with two attached hydrogens (primary N) is 1. The summed E-state index contributed by atoms with van der Waals surface area (Å²) < 4.78 is 5.89. The number of nitrogens with zero attached hydrogens (tertiary/aromatic N) is 1. The Morgan fingerprint density at radius 1 is 1.42 bits per heavy atom. The summed E-state index contributed by atoms with van der Waals surface area (Å²) in [4.78, 5) is 3.97. The molecule has 0 spiro atoms. The van der Waals surface area contributed by atoms with E-state index in [-0.39, 0.29) is 5.54 Å². The van der Waals surface area contributed by atoms with Gasteiger partial charge in [-0.25, -0.2) is 0 Å². The summed E-state index contributed by atoms with van der Waals surface area (Å²) in [6, 6.07) is 4.34. The minimum atomic E-state index is 0.0931. The molecule has 108 valence electrons. The van der Waals surface area contributed by atoms with E-state index >= 15 is 0 Å². The average molecular weight is 282 g/mol. The first kappa shape index (κ1) is 15.0. The van der Waals surface area contributed by atoms with Gasteiger partial charge in [-0.15, -0.1) is 11.3 Å². The number of ether oxygens (including phenoxy) is 1. The SMILES string of the molecule is CCN(Cc1cccs1)C1(CN)CC(C)OC(C)C1. The van der Waals surface area contributed by atoms with Crippen LogP contribution in [0.15, 0.2) is 17.5 Å². The van der Waals surface area contributed by atoms with Crippen LogP contribution in [0, 0.1) is 0 Å². The number of hydrogen-bond donors (Lipinski definition) is 1. The Balaban J connectivity index is 2.16. The van der Waals surface area contributed by atoms with Gasteiger partial charge in [-0.2, -0.15) is 0 Å². The Hall–Kier alpha value is -0.420. The van der Waals surface area contributed by atoms with Gasteiger partial charge < -0.3 is 10.5 Å². The first-order chi connectivity index (χ1) is 9.09. The van der Waals surface area contributed by atoms with Gasteiger partial charge in [-0.1, -0.05) is 13.0 Å². The largest absolute Gasteiger partial charge is 0.375 e. The highest BCUT2D eigenvalue weighted by molar-refractivity contribution is 7.09. The molecule has 4 heteroatoms. The van der Waals surface area contributed by atoms with Crippen molar-refractivity contribution in [2.24, 2.45) is 5.73 Å². The van der Waals surface area contributed by atoms with Gasteiger partial charge in [-0.3, -0.25) is 4.90 Å². The van der Waals surface area contributed by atoms with Crippen molar-refractivity contribution in [1.82, 2.24) is 4.90 Å². The predicted octanol–water partition coefficient (Wildman–Crippen LogP) is 2.85. The van der Waals surface area contributed by atoms with Crippen molar-refractivity contribution in [1.29, 1.82) is 0 Å². The summed E-state index contributed by atoms with van der Waals surface area (Å²) in [5, 5.41) is 2.15. The van der Waals surface area contributed by atoms with Crippen molar-refractivity contribution in [3.8, 4) is 0 Å². The molecule has 1 aromatic heterocycles. The molecule has 0 bridgehead atoms. The van der Waals surface area contributed by atoms with Gasteiger partial charge in [0.05, 0.1) is 12.2 Å². The molecule has 0 amide bonds. The monoisotopic (exact) mass is 282 g/mol. The molecule has 0 aliphatic carbocycles. The Morgan fingerprint density at radius 2 is 2.11 bits per heavy atom. The molecule has 0 radical (unpaired) electrons. The molecule has 2 rings (SSSR count). The molecule has 2 heterocycles. The van der Waals surface area contributed by atoms with E-state index in [4.69, 9.17) is 10.5 Å². The number of hydrogen-bond acceptors (Lipinski definition) is 4. The summed E-state index contributed by atoms with van der Waals surface area (Å²) >= 11 is 1.83. The second kappa shape index (κ2) is 6.35. The average Bonchev–Trinajstić information content (AvgIpc) is 2.87. The molecule has 0 aromatic carbocycles. The zero-order valence-corrected chi connectivity index (χ0v) is 13.1. The predicted molar refractivity (Wildman–Crippen MR) is 81.4 cm³/mol. The maximum Gasteiger partial charge on any atom is 0.0568 e. The molecule has 2 unspecified atom stereocenters. The molecule has 3 nitrogen and oxygen atoms in total. The molecule has 1 aliphatic rings. The molecule has 1 aromatic rings. The summed E-state index contributed by atoms with van der Waals surface area (Å²) in [5.41, 5.74) is 6.27. The molecule has 1 fully saturated rings. The van der Waals surface area contributed by atoms with E-state index in [1.165, 1.54) is 4.88 Å². The van der Waals surface area contributed by atoms with Crippen molar-refractivity contribution in [3.05, 3.63) is 22.4 Å². The van der Waals surface area contributed by atoms with E-state index in [0.717, 1.165) is 25.9 Å². The lowest BCUT2D eigenvalue weighted by Crippen LogP contribution is -2.59. The topological polar surface area (TPSA) is 38.5 Å². The van der Waals surface area contributed by atoms with Crippen LogP contribution in [0.5, 0.6) is 0 Å². The molecular formula is C15H26N2OS. The zero-order chi connectivity index (χ0) is 13.9. The smallest absolute Gasteiger partial charge is 0.0568 e. The molecule has 2 atom stereocenters. The van der Waals surface area contributed by atoms with Gasteiger partial charge >= 0.3 is 0 Å². The van der Waals surface area contributed by atoms with Crippen LogP contribution in [0.4, 0.5) is 0 Å². The van der Waals surface area contributed by atoms with Crippen molar-refractivity contribution in [3.63, 3.8) is 0 Å². The fourth-order valence-electron chi connectivity index (χ4n) is 3.41. The van der Waals surface area contributed by atoms with Gasteiger partial charge in [-0.05, 0) is 44.7 Å². The van der Waals surface area contributed by atoms with E-state index in [0.29, 0.717) is 18.8 Å². The van der Waals surface area contributed by atoms with Gasteiger partial charge in [0.2, 0.25) is 0 Å². The van der Waals surface area contributed by atoms with E-state index in [9.17, 15) is 0 Å². The lowest BCUT2D eigenvalue weighted by atomic mass is 9.82. The van der Waals surface area contributed by atoms with Gasteiger partial charge in [0, 0.05) is 23.5 Å². The van der Waals surface area contributed by atoms with E-state index in [1.54, 1.807) is 0 Å². The Bertz CT molecular complexity index is 370. The van der Waals surface area contributed by atoms with E-state index in [2.05, 4.69) is 43.2 Å². The fraction of sp³-hybridized carbons (Fsp3) is 0.733. The lowest BCUT2D eigenvalue weighted by molar-refractivity contribution is -0.104. The van der Waals surface area contributed by atoms with Crippen LogP contribution in [0.1, 0.15) is 38.5 Å². The number of thiophene rings is 1. The summed E-state index contributed by atoms with van der Waals surface area (Å²) in [5.74, 6) is 0. The third-order valence-corrected chi connectivity index (χ3v) is 5.02. The number of rotatable bonds is 5. The Morgan fingerprint density at radius 3 is 2.58 bits per heavy atom. The van der Waals surface area contributed by atoms with Crippen molar-refractivity contribution >= 4 is 11.3 Å². The minimum absolute atomic E-state index is 0.0931. The molecule has 19 heavy (non-hydrogen) atoms. The quantitative estimate of drug-likeness (QED) is 0.902. The van der Waals surface area contributed by atoms with Crippen molar-refractivity contribution in [2.45, 2.75) is 57.9 Å². The molecular weight excluding hydrogens is 256 g/mol. The van der Waals surface area contributed by atoms with Gasteiger partial charge in [0.15, 0.2) is 0 Å². The summed E-state index contributed by atoms with van der Waals surface area (Å²) in [6.07, 6.45) is 2.66. The Labute approximate surface area is 120 Å². The first-order valence-electron chi connectivity index (χ1n) is 7.22. The highest BCUT2D eigenvalue weighted by atomic mass is 32.1. The van der Waals surface area contributed by atoms with Crippen LogP contribution in [0.2, 0.25) is 0 Å².